The average molecular weight is 202 g/mol. The maximum Gasteiger partial charge on any atom is 0.366 e. The molecule has 1 heterocycles. The number of aliphatic hydroxyl groups is 1. The smallest absolute Gasteiger partial charge is 0.366 e. The van der Waals surface area contributed by atoms with Gasteiger partial charge in [-0.3, -0.25) is 0 Å². The van der Waals surface area contributed by atoms with Crippen LogP contribution in [-0.4, -0.2) is 23.6 Å². The van der Waals surface area contributed by atoms with E-state index in [-0.39, 0.29) is 12.5 Å². The van der Waals surface area contributed by atoms with Crippen molar-refractivity contribution >= 4 is 18.5 Å². The molecule has 0 radical (unpaired) electrons. The highest BCUT2D eigenvalue weighted by Crippen LogP contribution is 2.16. The summed E-state index contributed by atoms with van der Waals surface area (Å²) in [5.41, 5.74) is 1.81. The van der Waals surface area contributed by atoms with Crippen LogP contribution in [0.5, 0.6) is 0 Å². The van der Waals surface area contributed by atoms with E-state index in [0.29, 0.717) is 0 Å². The van der Waals surface area contributed by atoms with E-state index in [0.717, 1.165) is 11.1 Å². The minimum absolute atomic E-state index is 0.00771. The third-order valence-electron chi connectivity index (χ3n) is 2.21. The Morgan fingerprint density at radius 3 is 2.67 bits per heavy atom. The molecule has 1 aliphatic heterocycles. The number of amides is 2. The van der Waals surface area contributed by atoms with Crippen molar-refractivity contribution in [3.8, 4) is 0 Å². The fourth-order valence-corrected chi connectivity index (χ4v) is 1.43. The van der Waals surface area contributed by atoms with E-state index < -0.39 is 6.03 Å². The normalized spacial score (nSPS) is 15.9. The lowest BCUT2D eigenvalue weighted by atomic mass is 9.99. The molecule has 1 aliphatic rings. The monoisotopic (exact) mass is 202 g/mol. The maximum atomic E-state index is 10.7. The Morgan fingerprint density at radius 1 is 1.27 bits per heavy atom. The van der Waals surface area contributed by atoms with Gasteiger partial charge in [0.1, 0.15) is 0 Å². The predicted octanol–water partition coefficient (Wildman–Crippen LogP) is 1.54. The lowest BCUT2D eigenvalue weighted by molar-refractivity contribution is 0.257. The average Bonchev–Trinajstić information content (AvgIpc) is 2.30. The number of urea groups is 1. The predicted molar refractivity (Wildman–Crippen MR) is 57.5 cm³/mol. The van der Waals surface area contributed by atoms with Crippen molar-refractivity contribution in [2.24, 2.45) is 9.98 Å². The molecule has 0 aliphatic carbocycles. The zero-order chi connectivity index (χ0) is 10.7. The Morgan fingerprint density at radius 2 is 2.00 bits per heavy atom. The largest absolute Gasteiger partial charge is 0.392 e. The van der Waals surface area contributed by atoms with Crippen molar-refractivity contribution in [1.29, 1.82) is 0 Å². The van der Waals surface area contributed by atoms with Crippen LogP contribution in [0, 0.1) is 0 Å². The summed E-state index contributed by atoms with van der Waals surface area (Å²) in [5, 5.41) is 8.98. The van der Waals surface area contributed by atoms with Gasteiger partial charge in [0.05, 0.1) is 12.5 Å². The summed E-state index contributed by atoms with van der Waals surface area (Å²) in [7, 11) is 0. The van der Waals surface area contributed by atoms with Crippen molar-refractivity contribution < 1.29 is 9.90 Å². The number of hydrogen-bond donors (Lipinski definition) is 1. The van der Waals surface area contributed by atoms with Crippen LogP contribution in [-0.2, 0) is 6.61 Å². The molecule has 4 heteroatoms. The van der Waals surface area contributed by atoms with Crippen LogP contribution in [0.3, 0.4) is 0 Å². The SMILES string of the molecule is O=C1N=CC(c2cccc(CO)c2)C=N1. The van der Waals surface area contributed by atoms with Gasteiger partial charge >= 0.3 is 6.03 Å². The molecule has 1 aromatic carbocycles. The summed E-state index contributed by atoms with van der Waals surface area (Å²) < 4.78 is 0. The minimum Gasteiger partial charge on any atom is -0.392 e. The molecule has 76 valence electrons. The Hall–Kier alpha value is -1.81. The molecule has 0 atom stereocenters. The van der Waals surface area contributed by atoms with Crippen molar-refractivity contribution in [2.75, 3.05) is 0 Å². The zero-order valence-corrected chi connectivity index (χ0v) is 8.00. The van der Waals surface area contributed by atoms with Crippen LogP contribution in [0.25, 0.3) is 0 Å². The van der Waals surface area contributed by atoms with Gasteiger partial charge in [0.2, 0.25) is 0 Å². The van der Waals surface area contributed by atoms with E-state index >= 15 is 0 Å². The van der Waals surface area contributed by atoms with Gasteiger partial charge in [-0.05, 0) is 11.1 Å². The summed E-state index contributed by atoms with van der Waals surface area (Å²) in [6.45, 7) is 0.00771. The Labute approximate surface area is 87.0 Å². The van der Waals surface area contributed by atoms with Crippen molar-refractivity contribution in [2.45, 2.75) is 12.5 Å². The van der Waals surface area contributed by atoms with E-state index in [4.69, 9.17) is 5.11 Å². The van der Waals surface area contributed by atoms with Crippen LogP contribution in [0.1, 0.15) is 17.0 Å². The van der Waals surface area contributed by atoms with E-state index in [1.165, 1.54) is 0 Å². The third kappa shape index (κ3) is 2.16. The first-order valence-corrected chi connectivity index (χ1v) is 4.61. The van der Waals surface area contributed by atoms with Crippen molar-refractivity contribution in [1.82, 2.24) is 0 Å². The maximum absolute atomic E-state index is 10.7. The molecule has 0 spiro atoms. The molecule has 1 N–H and O–H groups in total. The first-order valence-electron chi connectivity index (χ1n) is 4.61. The second kappa shape index (κ2) is 4.14. The molecule has 0 unspecified atom stereocenters. The van der Waals surface area contributed by atoms with Gasteiger partial charge in [-0.25, -0.2) is 14.8 Å². The number of aliphatic imine (C=N–C) groups is 2. The highest BCUT2D eigenvalue weighted by molar-refractivity contribution is 6.03. The van der Waals surface area contributed by atoms with Gasteiger partial charge in [0, 0.05) is 12.4 Å². The zero-order valence-electron chi connectivity index (χ0n) is 8.00. The van der Waals surface area contributed by atoms with Gasteiger partial charge in [0.15, 0.2) is 0 Å². The summed E-state index contributed by atoms with van der Waals surface area (Å²) in [6, 6.07) is 7.02. The second-order valence-electron chi connectivity index (χ2n) is 3.27. The lowest BCUT2D eigenvalue weighted by Gasteiger charge is -2.09. The Balaban J connectivity index is 2.26. The van der Waals surface area contributed by atoms with Crippen molar-refractivity contribution in [3.05, 3.63) is 35.4 Å². The number of hydrogen-bond acceptors (Lipinski definition) is 2. The molecular formula is C11H10N2O2. The molecule has 0 aromatic heterocycles. The molecule has 0 saturated carbocycles. The molecule has 2 amide bonds. The minimum atomic E-state index is -0.468. The number of nitrogens with zero attached hydrogens (tertiary/aromatic N) is 2. The lowest BCUT2D eigenvalue weighted by Crippen LogP contribution is -2.09. The van der Waals surface area contributed by atoms with Gasteiger partial charge in [-0.1, -0.05) is 24.3 Å². The summed E-state index contributed by atoms with van der Waals surface area (Å²) >= 11 is 0. The number of rotatable bonds is 2. The molecular weight excluding hydrogens is 192 g/mol. The fourth-order valence-electron chi connectivity index (χ4n) is 1.43. The number of carbonyl (C=O) groups is 1. The van der Waals surface area contributed by atoms with Crippen LogP contribution in [0.4, 0.5) is 4.79 Å². The molecule has 1 aromatic rings. The Bertz CT molecular complexity index is 422. The summed E-state index contributed by atoms with van der Waals surface area (Å²) in [6.07, 6.45) is 3.12. The molecule has 0 bridgehead atoms. The van der Waals surface area contributed by atoms with E-state index in [1.807, 2.05) is 24.3 Å². The van der Waals surface area contributed by atoms with Crippen LogP contribution >= 0.6 is 0 Å². The summed E-state index contributed by atoms with van der Waals surface area (Å²) in [5.74, 6) is -0.0748. The van der Waals surface area contributed by atoms with E-state index in [9.17, 15) is 4.79 Å². The highest BCUT2D eigenvalue weighted by atomic mass is 16.3. The fraction of sp³-hybridized carbons (Fsp3) is 0.182. The summed E-state index contributed by atoms with van der Waals surface area (Å²) in [4.78, 5) is 18.0. The molecule has 0 fully saturated rings. The quantitative estimate of drug-likeness (QED) is 0.790. The van der Waals surface area contributed by atoms with Gasteiger partial charge in [-0.15, -0.1) is 0 Å². The third-order valence-corrected chi connectivity index (χ3v) is 2.21. The number of aliphatic hydroxyl groups excluding tert-OH is 1. The van der Waals surface area contributed by atoms with Crippen molar-refractivity contribution in [3.63, 3.8) is 0 Å². The standard InChI is InChI=1S/C11H10N2O2/c14-7-8-2-1-3-9(4-8)10-5-12-11(15)13-6-10/h1-6,10,14H,7H2. The van der Waals surface area contributed by atoms with E-state index in [2.05, 4.69) is 9.98 Å². The topological polar surface area (TPSA) is 62.0 Å². The van der Waals surface area contributed by atoms with Gasteiger partial charge in [0.25, 0.3) is 0 Å². The van der Waals surface area contributed by atoms with Gasteiger partial charge < -0.3 is 5.11 Å². The van der Waals surface area contributed by atoms with Gasteiger partial charge in [-0.2, -0.15) is 0 Å². The van der Waals surface area contributed by atoms with E-state index in [1.54, 1.807) is 12.4 Å². The molecule has 4 nitrogen and oxygen atoms in total. The first-order chi connectivity index (χ1) is 7.29. The number of benzene rings is 1. The molecule has 2 rings (SSSR count). The highest BCUT2D eigenvalue weighted by Gasteiger charge is 2.11. The number of carbonyl (C=O) groups excluding carboxylic acids is 1. The first kappa shape index (κ1) is 9.73. The second-order valence-corrected chi connectivity index (χ2v) is 3.27. The van der Waals surface area contributed by atoms with Crippen LogP contribution in [0.15, 0.2) is 34.3 Å². The molecule has 15 heavy (non-hydrogen) atoms. The molecule has 0 saturated heterocycles. The van der Waals surface area contributed by atoms with Crippen LogP contribution in [0.2, 0.25) is 0 Å². The Kier molecular flexibility index (Phi) is 2.69. The van der Waals surface area contributed by atoms with Crippen LogP contribution < -0.4 is 0 Å².